The number of rotatable bonds is 2. The number of hydrogen-bond acceptors (Lipinski definition) is 2. The number of benzene rings is 1. The van der Waals surface area contributed by atoms with Crippen LogP contribution in [0.2, 0.25) is 0 Å². The molecule has 2 heterocycles. The number of halogens is 3. The fourth-order valence-corrected chi connectivity index (χ4v) is 4.25. The molecule has 6 heteroatoms. The van der Waals surface area contributed by atoms with E-state index >= 15 is 0 Å². The van der Waals surface area contributed by atoms with E-state index in [0.29, 0.717) is 11.3 Å². The van der Waals surface area contributed by atoms with Crippen LogP contribution in [0, 0.1) is 40.8 Å². The van der Waals surface area contributed by atoms with E-state index in [4.69, 9.17) is 5.41 Å². The summed E-state index contributed by atoms with van der Waals surface area (Å²) in [6.45, 7) is 5.28. The second-order valence-corrected chi connectivity index (χ2v) is 8.63. The van der Waals surface area contributed by atoms with Crippen molar-refractivity contribution in [3.05, 3.63) is 62.7 Å². The Morgan fingerprint density at radius 3 is 2.58 bits per heavy atom. The Labute approximate surface area is 190 Å². The van der Waals surface area contributed by atoms with Gasteiger partial charge in [0.15, 0.2) is 0 Å². The summed E-state index contributed by atoms with van der Waals surface area (Å²) in [6.07, 6.45) is 3.02. The average Bonchev–Trinajstić information content (AvgIpc) is 3.04. The smallest absolute Gasteiger partial charge is 0.335 e. The Bertz CT molecular complexity index is 1490. The van der Waals surface area contributed by atoms with Crippen molar-refractivity contribution >= 4 is 22.8 Å². The van der Waals surface area contributed by atoms with Gasteiger partial charge in [0.25, 0.3) is 0 Å². The Morgan fingerprint density at radius 2 is 2.03 bits per heavy atom. The van der Waals surface area contributed by atoms with Crippen LogP contribution in [0.15, 0.2) is 30.5 Å². The zero-order valence-corrected chi connectivity index (χ0v) is 19.0. The maximum absolute atomic E-state index is 12.6. The first-order chi connectivity index (χ1) is 15.7. The highest BCUT2D eigenvalue weighted by Crippen LogP contribution is 2.35. The Morgan fingerprint density at radius 1 is 1.27 bits per heavy atom. The Hall–Kier alpha value is -3.29. The third kappa shape index (κ3) is 4.34. The lowest BCUT2D eigenvalue weighted by atomic mass is 9.92. The molecule has 4 rings (SSSR count). The summed E-state index contributed by atoms with van der Waals surface area (Å²) in [5.74, 6) is 5.68. The van der Waals surface area contributed by atoms with Gasteiger partial charge in [-0.05, 0) is 80.8 Å². The summed E-state index contributed by atoms with van der Waals surface area (Å²) in [5, 5.41) is 12.0. The molecule has 1 aliphatic carbocycles. The van der Waals surface area contributed by atoms with E-state index in [9.17, 15) is 13.2 Å². The first kappa shape index (κ1) is 22.9. The van der Waals surface area contributed by atoms with Crippen LogP contribution in [-0.4, -0.2) is 21.6 Å². The van der Waals surface area contributed by atoms with Gasteiger partial charge in [-0.2, -0.15) is 13.2 Å². The Kier molecular flexibility index (Phi) is 6.19. The minimum atomic E-state index is -4.33. The third-order valence-electron chi connectivity index (χ3n) is 6.47. The first-order valence-corrected chi connectivity index (χ1v) is 11.2. The second kappa shape index (κ2) is 8.92. The molecule has 3 nitrogen and oxygen atoms in total. The van der Waals surface area contributed by atoms with Gasteiger partial charge in [0.2, 0.25) is 0 Å². The van der Waals surface area contributed by atoms with Crippen molar-refractivity contribution in [3.63, 3.8) is 0 Å². The number of nitrogens with zero attached hydrogens (tertiary/aromatic N) is 2. The molecule has 0 bridgehead atoms. The van der Waals surface area contributed by atoms with Crippen LogP contribution in [0.1, 0.15) is 50.3 Å². The van der Waals surface area contributed by atoms with Crippen molar-refractivity contribution in [2.24, 2.45) is 5.92 Å². The molecule has 33 heavy (non-hydrogen) atoms. The predicted molar refractivity (Wildman–Crippen MR) is 124 cm³/mol. The van der Waals surface area contributed by atoms with Gasteiger partial charge in [0.1, 0.15) is 5.92 Å². The van der Waals surface area contributed by atoms with Crippen LogP contribution in [-0.2, 0) is 6.42 Å². The molecule has 1 N–H and O–H groups in total. The molecule has 1 fully saturated rings. The van der Waals surface area contributed by atoms with Crippen LogP contribution in [0.3, 0.4) is 0 Å². The number of fused-ring (bicyclic) bond motifs is 1. The van der Waals surface area contributed by atoms with Gasteiger partial charge < -0.3 is 4.57 Å². The normalized spacial score (nSPS) is 16.7. The fraction of sp³-hybridized carbons (Fsp3) is 0.370. The standard InChI is InChI=1S/C27H26F3N3/c1-4-20-14-25-22(13-17(20)2)23(15-31)26(33(25)21-9-6-10-21)24-12-11-19(16-32-24)8-5-7-18(3)27(28,29)30/h8,11-14,16,18,21,31H,4,6,9-10H2,1-3H3. The lowest BCUT2D eigenvalue weighted by Gasteiger charge is -2.28. The highest BCUT2D eigenvalue weighted by atomic mass is 19.4. The van der Waals surface area contributed by atoms with Gasteiger partial charge in [0, 0.05) is 22.8 Å². The molecule has 1 aliphatic rings. The lowest BCUT2D eigenvalue weighted by Crippen LogP contribution is -2.19. The molecule has 0 amide bonds. The fourth-order valence-electron chi connectivity index (χ4n) is 4.25. The van der Waals surface area contributed by atoms with Gasteiger partial charge in [0.05, 0.1) is 21.4 Å². The van der Waals surface area contributed by atoms with Crippen molar-refractivity contribution in [1.82, 2.24) is 9.55 Å². The van der Waals surface area contributed by atoms with Crippen LogP contribution >= 0.6 is 0 Å². The quantitative estimate of drug-likeness (QED) is 0.442. The summed E-state index contributed by atoms with van der Waals surface area (Å²) < 4.78 is 40.2. The molecule has 1 aromatic carbocycles. The third-order valence-corrected chi connectivity index (χ3v) is 6.47. The summed E-state index contributed by atoms with van der Waals surface area (Å²) in [5.41, 5.74) is 3.59. The average molecular weight is 450 g/mol. The van der Waals surface area contributed by atoms with E-state index in [-0.39, 0.29) is 0 Å². The molecule has 0 radical (unpaired) electrons. The van der Waals surface area contributed by atoms with Crippen molar-refractivity contribution in [1.29, 1.82) is 5.41 Å². The summed E-state index contributed by atoms with van der Waals surface area (Å²) >= 11 is 0. The van der Waals surface area contributed by atoms with Crippen molar-refractivity contribution in [3.8, 4) is 11.8 Å². The molecular formula is C27H26F3N3. The lowest BCUT2D eigenvalue weighted by molar-refractivity contribution is -0.153. The highest BCUT2D eigenvalue weighted by Gasteiger charge is 2.34. The SMILES string of the molecule is CCc1cc2c(cc1C)c(=C=N)c(=c1ccc(=CC#CC(C)C(F)(F)F)cn1)n2C1CCC1. The van der Waals surface area contributed by atoms with E-state index in [1.54, 1.807) is 12.3 Å². The maximum atomic E-state index is 12.6. The minimum absolute atomic E-state index is 0.361. The van der Waals surface area contributed by atoms with E-state index in [1.165, 1.54) is 23.6 Å². The number of alkyl halides is 3. The molecule has 1 saturated carbocycles. The molecule has 3 aromatic rings. The van der Waals surface area contributed by atoms with Crippen LogP contribution in [0.5, 0.6) is 0 Å². The molecule has 170 valence electrons. The monoisotopic (exact) mass is 449 g/mol. The molecular weight excluding hydrogens is 423 g/mol. The van der Waals surface area contributed by atoms with Gasteiger partial charge in [-0.3, -0.25) is 10.4 Å². The number of nitrogens with one attached hydrogen (secondary N) is 1. The molecule has 2 aromatic heterocycles. The molecule has 1 atom stereocenters. The molecule has 0 spiro atoms. The summed E-state index contributed by atoms with van der Waals surface area (Å²) in [7, 11) is 0. The number of pyridine rings is 1. The Balaban J connectivity index is 1.96. The van der Waals surface area contributed by atoms with Crippen molar-refractivity contribution < 1.29 is 13.2 Å². The van der Waals surface area contributed by atoms with E-state index in [1.807, 2.05) is 6.07 Å². The van der Waals surface area contributed by atoms with Gasteiger partial charge in [-0.25, -0.2) is 0 Å². The van der Waals surface area contributed by atoms with Crippen LogP contribution < -0.4 is 10.4 Å². The first-order valence-electron chi connectivity index (χ1n) is 11.2. The zero-order chi connectivity index (χ0) is 23.8. The minimum Gasteiger partial charge on any atom is -0.335 e. The maximum Gasteiger partial charge on any atom is 0.402 e. The van der Waals surface area contributed by atoms with Crippen LogP contribution in [0.25, 0.3) is 17.0 Å². The van der Waals surface area contributed by atoms with Crippen molar-refractivity contribution in [2.75, 3.05) is 0 Å². The zero-order valence-electron chi connectivity index (χ0n) is 19.0. The molecule has 1 unspecified atom stereocenters. The highest BCUT2D eigenvalue weighted by molar-refractivity contribution is 5.86. The largest absolute Gasteiger partial charge is 0.402 e. The van der Waals surface area contributed by atoms with Crippen molar-refractivity contribution in [2.45, 2.75) is 58.7 Å². The topological polar surface area (TPSA) is 41.7 Å². The predicted octanol–water partition coefficient (Wildman–Crippen LogP) is 4.82. The van der Waals surface area contributed by atoms with E-state index in [0.717, 1.165) is 53.0 Å². The van der Waals surface area contributed by atoms with E-state index < -0.39 is 12.1 Å². The number of aromatic nitrogens is 2. The molecule has 0 aliphatic heterocycles. The number of aryl methyl sites for hydroxylation is 2. The summed E-state index contributed by atoms with van der Waals surface area (Å²) in [4.78, 5) is 4.60. The van der Waals surface area contributed by atoms with Gasteiger partial charge in [-0.15, -0.1) is 0 Å². The molecule has 0 saturated heterocycles. The van der Waals surface area contributed by atoms with Gasteiger partial charge >= 0.3 is 6.18 Å². The second-order valence-electron chi connectivity index (χ2n) is 8.63. The van der Waals surface area contributed by atoms with Crippen LogP contribution in [0.4, 0.5) is 13.2 Å². The van der Waals surface area contributed by atoms with E-state index in [2.05, 4.69) is 53.2 Å². The number of hydrogen-bond donors (Lipinski definition) is 1. The summed E-state index contributed by atoms with van der Waals surface area (Å²) in [6, 6.07) is 8.38. The van der Waals surface area contributed by atoms with Gasteiger partial charge in [-0.1, -0.05) is 24.8 Å².